The highest BCUT2D eigenvalue weighted by molar-refractivity contribution is 5.87. The van der Waals surface area contributed by atoms with Crippen LogP contribution in [-0.2, 0) is 23.7 Å². The van der Waals surface area contributed by atoms with E-state index >= 15 is 0 Å². The summed E-state index contributed by atoms with van der Waals surface area (Å²) in [4.78, 5) is 11.6. The quantitative estimate of drug-likeness (QED) is 0.188. The zero-order chi connectivity index (χ0) is 17.2. The minimum atomic E-state index is -0.384. The van der Waals surface area contributed by atoms with Gasteiger partial charge >= 0.3 is 5.97 Å². The van der Waals surface area contributed by atoms with E-state index in [4.69, 9.17) is 29.2 Å². The fourth-order valence-corrected chi connectivity index (χ4v) is 1.57. The van der Waals surface area contributed by atoms with Crippen LogP contribution in [0.1, 0.15) is 32.6 Å². The molecule has 0 saturated carbocycles. The monoisotopic (exact) mass is 334 g/mol. The van der Waals surface area contributed by atoms with Gasteiger partial charge in [0, 0.05) is 6.61 Å². The molecule has 136 valence electrons. The number of carbonyl (C=O) groups is 1. The predicted octanol–water partition coefficient (Wildman–Crippen LogP) is 1.03. The third kappa shape index (κ3) is 15.5. The normalized spacial score (nSPS) is 11.5. The zero-order valence-corrected chi connectivity index (χ0v) is 14.0. The van der Waals surface area contributed by atoms with Crippen molar-refractivity contribution in [1.82, 2.24) is 0 Å². The summed E-state index contributed by atoms with van der Waals surface area (Å²) in [5, 5.41) is 17.1. The molecule has 7 heteroatoms. The van der Waals surface area contributed by atoms with Crippen LogP contribution < -0.4 is 0 Å². The first-order valence-corrected chi connectivity index (χ1v) is 8.05. The molecule has 0 radical (unpaired) electrons. The molecular formula is C16H30O7. The van der Waals surface area contributed by atoms with Crippen molar-refractivity contribution in [3.8, 4) is 0 Å². The van der Waals surface area contributed by atoms with Crippen molar-refractivity contribution >= 4 is 5.97 Å². The third-order valence-corrected chi connectivity index (χ3v) is 2.82. The first kappa shape index (κ1) is 21.9. The van der Waals surface area contributed by atoms with E-state index in [1.807, 2.05) is 0 Å². The Labute approximate surface area is 138 Å². The van der Waals surface area contributed by atoms with E-state index in [2.05, 4.69) is 0 Å². The van der Waals surface area contributed by atoms with Gasteiger partial charge in [-0.1, -0.05) is 6.42 Å². The van der Waals surface area contributed by atoms with E-state index in [1.165, 1.54) is 6.26 Å². The Morgan fingerprint density at radius 2 is 1.48 bits per heavy atom. The maximum atomic E-state index is 11.6. The summed E-state index contributed by atoms with van der Waals surface area (Å²) in [6.45, 7) is 4.14. The number of hydrogen-bond acceptors (Lipinski definition) is 7. The van der Waals surface area contributed by atoms with Crippen LogP contribution in [0.5, 0.6) is 0 Å². The van der Waals surface area contributed by atoms with Gasteiger partial charge in [-0.3, -0.25) is 0 Å². The molecule has 0 bridgehead atoms. The SMILES string of the molecule is CC(=COCCOCCOCCO)C(=O)OCCCCCCO. The molecule has 0 rings (SSSR count). The Morgan fingerprint density at radius 3 is 2.17 bits per heavy atom. The summed E-state index contributed by atoms with van der Waals surface area (Å²) in [7, 11) is 0. The molecule has 0 aromatic heterocycles. The first-order chi connectivity index (χ1) is 11.2. The van der Waals surface area contributed by atoms with E-state index in [9.17, 15) is 4.79 Å². The molecule has 0 aliphatic rings. The van der Waals surface area contributed by atoms with Crippen LogP contribution in [-0.4, -0.2) is 69.0 Å². The second-order valence-corrected chi connectivity index (χ2v) is 4.89. The number of hydrogen-bond donors (Lipinski definition) is 2. The maximum Gasteiger partial charge on any atom is 0.336 e. The molecule has 0 spiro atoms. The summed E-state index contributed by atoms with van der Waals surface area (Å²) in [5.41, 5.74) is 0.409. The number of rotatable bonds is 16. The van der Waals surface area contributed by atoms with Gasteiger partial charge in [0.05, 0.1) is 51.5 Å². The third-order valence-electron chi connectivity index (χ3n) is 2.82. The average Bonchev–Trinajstić information content (AvgIpc) is 2.56. The largest absolute Gasteiger partial charge is 0.498 e. The molecule has 0 heterocycles. The molecule has 23 heavy (non-hydrogen) atoms. The average molecular weight is 334 g/mol. The number of aliphatic hydroxyl groups excluding tert-OH is 2. The molecule has 0 saturated heterocycles. The van der Waals surface area contributed by atoms with E-state index < -0.39 is 0 Å². The Hall–Kier alpha value is -1.15. The Bertz CT molecular complexity index is 305. The standard InChI is InChI=1S/C16H30O7/c1-15(16(19)23-8-5-3-2-4-6-17)14-22-13-12-21-11-10-20-9-7-18/h14,17-18H,2-13H2,1H3. The van der Waals surface area contributed by atoms with Gasteiger partial charge < -0.3 is 29.2 Å². The Kier molecular flexibility index (Phi) is 16.3. The van der Waals surface area contributed by atoms with Gasteiger partial charge in [0.1, 0.15) is 6.61 Å². The number of unbranched alkanes of at least 4 members (excludes halogenated alkanes) is 3. The van der Waals surface area contributed by atoms with Crippen LogP contribution in [0.15, 0.2) is 11.8 Å². The van der Waals surface area contributed by atoms with Crippen molar-refractivity contribution in [2.24, 2.45) is 0 Å². The summed E-state index contributed by atoms with van der Waals surface area (Å²) in [6.07, 6.45) is 4.84. The van der Waals surface area contributed by atoms with E-state index in [0.717, 1.165) is 25.7 Å². The molecule has 0 fully saturated rings. The summed E-state index contributed by atoms with van der Waals surface area (Å²) >= 11 is 0. The molecule has 7 nitrogen and oxygen atoms in total. The number of aliphatic hydroxyl groups is 2. The lowest BCUT2D eigenvalue weighted by molar-refractivity contribution is -0.139. The first-order valence-electron chi connectivity index (χ1n) is 8.05. The Morgan fingerprint density at radius 1 is 0.826 bits per heavy atom. The van der Waals surface area contributed by atoms with Gasteiger partial charge in [0.15, 0.2) is 0 Å². The lowest BCUT2D eigenvalue weighted by Crippen LogP contribution is -2.10. The topological polar surface area (TPSA) is 94.5 Å². The van der Waals surface area contributed by atoms with Crippen molar-refractivity contribution in [1.29, 1.82) is 0 Å². The fraction of sp³-hybridized carbons (Fsp3) is 0.812. The van der Waals surface area contributed by atoms with Gasteiger partial charge in [-0.05, 0) is 26.2 Å². The van der Waals surface area contributed by atoms with Gasteiger partial charge in [-0.15, -0.1) is 0 Å². The maximum absolute atomic E-state index is 11.6. The molecule has 0 aromatic carbocycles. The van der Waals surface area contributed by atoms with Gasteiger partial charge in [-0.25, -0.2) is 4.79 Å². The number of carbonyl (C=O) groups excluding carboxylic acids is 1. The van der Waals surface area contributed by atoms with Crippen LogP contribution in [0.4, 0.5) is 0 Å². The lowest BCUT2D eigenvalue weighted by Gasteiger charge is -2.07. The fourth-order valence-electron chi connectivity index (χ4n) is 1.57. The minimum absolute atomic E-state index is 0.00590. The van der Waals surface area contributed by atoms with Crippen molar-refractivity contribution in [3.63, 3.8) is 0 Å². The highest BCUT2D eigenvalue weighted by Crippen LogP contribution is 2.02. The highest BCUT2D eigenvalue weighted by atomic mass is 16.5. The van der Waals surface area contributed by atoms with Crippen molar-refractivity contribution < 1.29 is 34.0 Å². The van der Waals surface area contributed by atoms with Crippen LogP contribution in [0.3, 0.4) is 0 Å². The van der Waals surface area contributed by atoms with Crippen LogP contribution in [0.25, 0.3) is 0 Å². The van der Waals surface area contributed by atoms with Crippen LogP contribution in [0.2, 0.25) is 0 Å². The molecule has 0 amide bonds. The molecule has 0 aliphatic heterocycles. The summed E-state index contributed by atoms with van der Waals surface area (Å²) in [5.74, 6) is -0.384. The van der Waals surface area contributed by atoms with Crippen molar-refractivity contribution in [2.75, 3.05) is 52.9 Å². The molecule has 0 aliphatic carbocycles. The van der Waals surface area contributed by atoms with Crippen molar-refractivity contribution in [3.05, 3.63) is 11.8 Å². The number of ether oxygens (including phenoxy) is 4. The van der Waals surface area contributed by atoms with Crippen LogP contribution >= 0.6 is 0 Å². The molecular weight excluding hydrogens is 304 g/mol. The second-order valence-electron chi connectivity index (χ2n) is 4.89. The smallest absolute Gasteiger partial charge is 0.336 e. The summed E-state index contributed by atoms with van der Waals surface area (Å²) < 4.78 is 20.6. The van der Waals surface area contributed by atoms with Gasteiger partial charge in [0.2, 0.25) is 0 Å². The lowest BCUT2D eigenvalue weighted by atomic mass is 10.2. The number of esters is 1. The van der Waals surface area contributed by atoms with E-state index in [1.54, 1.807) is 6.92 Å². The van der Waals surface area contributed by atoms with E-state index in [0.29, 0.717) is 45.2 Å². The Balaban J connectivity index is 3.48. The van der Waals surface area contributed by atoms with Gasteiger partial charge in [-0.2, -0.15) is 0 Å². The van der Waals surface area contributed by atoms with Crippen LogP contribution in [0, 0.1) is 0 Å². The predicted molar refractivity (Wildman–Crippen MR) is 84.9 cm³/mol. The molecule has 0 atom stereocenters. The molecule has 0 unspecified atom stereocenters. The second kappa shape index (κ2) is 17.2. The van der Waals surface area contributed by atoms with E-state index in [-0.39, 0.29) is 19.2 Å². The minimum Gasteiger partial charge on any atom is -0.498 e. The molecule has 0 aromatic rings. The zero-order valence-electron chi connectivity index (χ0n) is 14.0. The summed E-state index contributed by atoms with van der Waals surface area (Å²) in [6, 6.07) is 0. The highest BCUT2D eigenvalue weighted by Gasteiger charge is 2.05. The molecule has 2 N–H and O–H groups in total. The van der Waals surface area contributed by atoms with Crippen molar-refractivity contribution in [2.45, 2.75) is 32.6 Å². The van der Waals surface area contributed by atoms with Gasteiger partial charge in [0.25, 0.3) is 0 Å².